The Kier molecular flexibility index (Phi) is 5.26. The zero-order chi connectivity index (χ0) is 17.0. The Morgan fingerprint density at radius 2 is 1.87 bits per heavy atom. The standard InChI is InChI=1S/C17H19NO5/c1-3-18-13(19)10-12(16(18)21)14(17(22)23-4-2)15(20)11-8-6-5-7-9-11/h5-9,12,14H,3-4,10H2,1-2H3/t12-,14?/m1/s1. The van der Waals surface area contributed by atoms with Gasteiger partial charge in [-0.3, -0.25) is 24.1 Å². The fourth-order valence-corrected chi connectivity index (χ4v) is 2.77. The fraction of sp³-hybridized carbons (Fsp3) is 0.412. The molecule has 0 radical (unpaired) electrons. The Morgan fingerprint density at radius 3 is 2.39 bits per heavy atom. The molecule has 1 aromatic carbocycles. The first kappa shape index (κ1) is 16.9. The highest BCUT2D eigenvalue weighted by molar-refractivity contribution is 6.14. The molecule has 0 N–H and O–H groups in total. The second-order valence-electron chi connectivity index (χ2n) is 5.25. The van der Waals surface area contributed by atoms with Crippen molar-refractivity contribution >= 4 is 23.6 Å². The lowest BCUT2D eigenvalue weighted by Gasteiger charge is -2.19. The molecule has 0 aliphatic carbocycles. The van der Waals surface area contributed by atoms with Gasteiger partial charge in [-0.15, -0.1) is 0 Å². The number of hydrogen-bond acceptors (Lipinski definition) is 5. The highest BCUT2D eigenvalue weighted by Crippen LogP contribution is 2.30. The summed E-state index contributed by atoms with van der Waals surface area (Å²) < 4.78 is 4.97. The van der Waals surface area contributed by atoms with E-state index in [-0.39, 0.29) is 25.5 Å². The molecule has 0 bridgehead atoms. The first-order valence-corrected chi connectivity index (χ1v) is 7.61. The van der Waals surface area contributed by atoms with Gasteiger partial charge in [0, 0.05) is 18.5 Å². The van der Waals surface area contributed by atoms with E-state index >= 15 is 0 Å². The minimum Gasteiger partial charge on any atom is -0.465 e. The maximum atomic E-state index is 12.7. The molecule has 122 valence electrons. The lowest BCUT2D eigenvalue weighted by molar-refractivity contribution is -0.151. The van der Waals surface area contributed by atoms with Crippen LogP contribution < -0.4 is 0 Å². The van der Waals surface area contributed by atoms with Crippen molar-refractivity contribution in [2.45, 2.75) is 20.3 Å². The summed E-state index contributed by atoms with van der Waals surface area (Å²) in [6.45, 7) is 3.63. The van der Waals surface area contributed by atoms with Gasteiger partial charge in [0.2, 0.25) is 11.8 Å². The molecule has 1 saturated heterocycles. The lowest BCUT2D eigenvalue weighted by atomic mass is 9.84. The molecule has 23 heavy (non-hydrogen) atoms. The maximum Gasteiger partial charge on any atom is 0.317 e. The summed E-state index contributed by atoms with van der Waals surface area (Å²) in [4.78, 5) is 50.3. The SMILES string of the molecule is CCOC(=O)C(C(=O)c1ccccc1)[C@H]1CC(=O)N(CC)C1=O. The van der Waals surface area contributed by atoms with Crippen molar-refractivity contribution in [3.63, 3.8) is 0 Å². The average Bonchev–Trinajstić information content (AvgIpc) is 2.82. The van der Waals surface area contributed by atoms with Crippen molar-refractivity contribution in [3.8, 4) is 0 Å². The number of amides is 2. The van der Waals surface area contributed by atoms with Crippen molar-refractivity contribution in [2.75, 3.05) is 13.2 Å². The van der Waals surface area contributed by atoms with E-state index < -0.39 is 29.5 Å². The number of Topliss-reactive ketones (excluding diaryl/α,β-unsaturated/α-hetero) is 1. The third-order valence-electron chi connectivity index (χ3n) is 3.88. The van der Waals surface area contributed by atoms with Crippen LogP contribution in [0.2, 0.25) is 0 Å². The first-order chi connectivity index (χ1) is 11.0. The average molecular weight is 317 g/mol. The van der Waals surface area contributed by atoms with Crippen LogP contribution >= 0.6 is 0 Å². The van der Waals surface area contributed by atoms with Crippen molar-refractivity contribution < 1.29 is 23.9 Å². The number of carbonyl (C=O) groups is 4. The van der Waals surface area contributed by atoms with Gasteiger partial charge < -0.3 is 4.74 Å². The van der Waals surface area contributed by atoms with Gasteiger partial charge in [0.05, 0.1) is 12.5 Å². The number of esters is 1. The van der Waals surface area contributed by atoms with Crippen LogP contribution in [0.25, 0.3) is 0 Å². The Hall–Kier alpha value is -2.50. The van der Waals surface area contributed by atoms with E-state index in [0.717, 1.165) is 4.90 Å². The zero-order valence-corrected chi connectivity index (χ0v) is 13.2. The quantitative estimate of drug-likeness (QED) is 0.343. The first-order valence-electron chi connectivity index (χ1n) is 7.61. The summed E-state index contributed by atoms with van der Waals surface area (Å²) in [6.07, 6.45) is -0.144. The number of rotatable bonds is 6. The smallest absolute Gasteiger partial charge is 0.317 e. The van der Waals surface area contributed by atoms with Crippen molar-refractivity contribution in [2.24, 2.45) is 11.8 Å². The van der Waals surface area contributed by atoms with Crippen LogP contribution in [0.1, 0.15) is 30.6 Å². The van der Waals surface area contributed by atoms with Gasteiger partial charge in [-0.05, 0) is 13.8 Å². The van der Waals surface area contributed by atoms with E-state index in [2.05, 4.69) is 0 Å². The number of ether oxygens (including phenoxy) is 1. The summed E-state index contributed by atoms with van der Waals surface area (Å²) in [7, 11) is 0. The molecule has 1 aliphatic rings. The molecule has 0 saturated carbocycles. The van der Waals surface area contributed by atoms with Crippen LogP contribution in [0.15, 0.2) is 30.3 Å². The van der Waals surface area contributed by atoms with Gasteiger partial charge in [0.1, 0.15) is 5.92 Å². The Bertz CT molecular complexity index is 625. The minimum absolute atomic E-state index is 0.101. The summed E-state index contributed by atoms with van der Waals surface area (Å²) in [5.74, 6) is -4.38. The molecule has 6 heteroatoms. The predicted molar refractivity (Wildman–Crippen MR) is 81.4 cm³/mol. The molecule has 0 aromatic heterocycles. The molecule has 0 spiro atoms. The number of carbonyl (C=O) groups excluding carboxylic acids is 4. The van der Waals surface area contributed by atoms with Gasteiger partial charge in [-0.25, -0.2) is 0 Å². The molecule has 1 aromatic rings. The lowest BCUT2D eigenvalue weighted by Crippen LogP contribution is -2.38. The highest BCUT2D eigenvalue weighted by atomic mass is 16.5. The van der Waals surface area contributed by atoms with Gasteiger partial charge in [0.15, 0.2) is 5.78 Å². The molecule has 2 rings (SSSR count). The van der Waals surface area contributed by atoms with Crippen LogP contribution in [0, 0.1) is 11.8 Å². The summed E-state index contributed by atoms with van der Waals surface area (Å²) in [6, 6.07) is 8.25. The topological polar surface area (TPSA) is 80.8 Å². The minimum atomic E-state index is -1.29. The van der Waals surface area contributed by atoms with Crippen LogP contribution in [-0.4, -0.2) is 41.6 Å². The Morgan fingerprint density at radius 1 is 1.22 bits per heavy atom. The monoisotopic (exact) mass is 317 g/mol. The molecule has 2 amide bonds. The molecule has 2 atom stereocenters. The fourth-order valence-electron chi connectivity index (χ4n) is 2.77. The number of ketones is 1. The van der Waals surface area contributed by atoms with Gasteiger partial charge in [0.25, 0.3) is 0 Å². The number of hydrogen-bond donors (Lipinski definition) is 0. The second-order valence-corrected chi connectivity index (χ2v) is 5.25. The van der Waals surface area contributed by atoms with E-state index in [1.54, 1.807) is 44.2 Å². The summed E-state index contributed by atoms with van der Waals surface area (Å²) in [5.41, 5.74) is 0.320. The van der Waals surface area contributed by atoms with Gasteiger partial charge >= 0.3 is 5.97 Å². The van der Waals surface area contributed by atoms with Crippen LogP contribution in [0.4, 0.5) is 0 Å². The molecular formula is C17H19NO5. The second kappa shape index (κ2) is 7.17. The number of likely N-dealkylation sites (tertiary alicyclic amines) is 1. The van der Waals surface area contributed by atoms with Gasteiger partial charge in [-0.1, -0.05) is 30.3 Å². The van der Waals surface area contributed by atoms with E-state index in [4.69, 9.17) is 4.74 Å². The van der Waals surface area contributed by atoms with E-state index in [1.165, 1.54) is 0 Å². The zero-order valence-electron chi connectivity index (χ0n) is 13.2. The molecule has 6 nitrogen and oxygen atoms in total. The van der Waals surface area contributed by atoms with Crippen molar-refractivity contribution in [1.29, 1.82) is 0 Å². The Labute approximate surface area is 134 Å². The van der Waals surface area contributed by atoms with E-state index in [9.17, 15) is 19.2 Å². The Balaban J connectivity index is 2.36. The van der Waals surface area contributed by atoms with Gasteiger partial charge in [-0.2, -0.15) is 0 Å². The van der Waals surface area contributed by atoms with Crippen LogP contribution in [-0.2, 0) is 19.1 Å². The third-order valence-corrected chi connectivity index (χ3v) is 3.88. The number of imide groups is 1. The largest absolute Gasteiger partial charge is 0.465 e. The number of benzene rings is 1. The van der Waals surface area contributed by atoms with Crippen LogP contribution in [0.3, 0.4) is 0 Å². The van der Waals surface area contributed by atoms with E-state index in [1.807, 2.05) is 0 Å². The molecule has 1 fully saturated rings. The summed E-state index contributed by atoms with van der Waals surface area (Å²) >= 11 is 0. The molecule has 1 unspecified atom stereocenters. The van der Waals surface area contributed by atoms with E-state index in [0.29, 0.717) is 5.56 Å². The van der Waals surface area contributed by atoms with Crippen molar-refractivity contribution in [3.05, 3.63) is 35.9 Å². The third kappa shape index (κ3) is 3.31. The predicted octanol–water partition coefficient (Wildman–Crippen LogP) is 1.44. The maximum absolute atomic E-state index is 12.7. The number of nitrogens with zero attached hydrogens (tertiary/aromatic N) is 1. The van der Waals surface area contributed by atoms with Crippen LogP contribution in [0.5, 0.6) is 0 Å². The summed E-state index contributed by atoms with van der Waals surface area (Å²) in [5, 5.41) is 0. The molecular weight excluding hydrogens is 298 g/mol. The normalized spacial score (nSPS) is 18.9. The molecule has 1 heterocycles. The highest BCUT2D eigenvalue weighted by Gasteiger charge is 2.48. The van der Waals surface area contributed by atoms with Crippen molar-refractivity contribution in [1.82, 2.24) is 4.90 Å². The molecule has 1 aliphatic heterocycles.